The second kappa shape index (κ2) is 10.8. The van der Waals surface area contributed by atoms with Crippen LogP contribution in [-0.2, 0) is 25.6 Å². The van der Waals surface area contributed by atoms with Crippen molar-refractivity contribution in [3.63, 3.8) is 0 Å². The number of nitroso groups, excluding NO2 is 1. The van der Waals surface area contributed by atoms with Crippen LogP contribution in [0.2, 0.25) is 0 Å². The summed E-state index contributed by atoms with van der Waals surface area (Å²) in [5.74, 6) is -7.49. The van der Waals surface area contributed by atoms with Crippen LogP contribution < -0.4 is 21.3 Å². The quantitative estimate of drug-likeness (QED) is 0.193. The molecular formula is C29H38N6O8. The van der Waals surface area contributed by atoms with Crippen LogP contribution >= 0.6 is 0 Å². The summed E-state index contributed by atoms with van der Waals surface area (Å²) in [5, 5.41) is 43.3. The molecule has 3 aliphatic carbocycles. The number of nitrogens with two attached hydrogens (primary N) is 1. The third-order valence-electron chi connectivity index (χ3n) is 8.32. The number of aliphatic hydroxyl groups is 3. The lowest BCUT2D eigenvalue weighted by molar-refractivity contribution is -0.153. The predicted octanol–water partition coefficient (Wildman–Crippen LogP) is 1.05. The van der Waals surface area contributed by atoms with E-state index in [1.54, 1.807) is 25.1 Å². The van der Waals surface area contributed by atoms with E-state index >= 15 is 0 Å². The van der Waals surface area contributed by atoms with Gasteiger partial charge in [0.05, 0.1) is 23.8 Å². The van der Waals surface area contributed by atoms with Gasteiger partial charge in [-0.15, -0.1) is 4.91 Å². The zero-order valence-corrected chi connectivity index (χ0v) is 25.2. The third kappa shape index (κ3) is 5.08. The van der Waals surface area contributed by atoms with Crippen LogP contribution in [0.5, 0.6) is 0 Å². The topological polar surface area (TPSA) is 215 Å². The second-order valence-corrected chi connectivity index (χ2v) is 12.7. The Kier molecular flexibility index (Phi) is 8.02. The Morgan fingerprint density at radius 1 is 1.16 bits per heavy atom. The number of aliphatic hydroxyl groups excluding tert-OH is 2. The monoisotopic (exact) mass is 598 g/mol. The Bertz CT molecular complexity index is 1500. The van der Waals surface area contributed by atoms with Crippen molar-refractivity contribution in [3.05, 3.63) is 39.0 Å². The molecule has 0 bridgehead atoms. The van der Waals surface area contributed by atoms with Crippen molar-refractivity contribution in [1.29, 1.82) is 0 Å². The number of primary amides is 1. The highest BCUT2D eigenvalue weighted by Gasteiger charge is 2.64. The van der Waals surface area contributed by atoms with E-state index in [-0.39, 0.29) is 47.4 Å². The maximum absolute atomic E-state index is 14.1. The molecule has 0 aromatic heterocycles. The molecule has 7 N–H and O–H groups in total. The van der Waals surface area contributed by atoms with Gasteiger partial charge in [0.2, 0.25) is 11.7 Å². The number of carbonyl (C=O) groups is 4. The lowest BCUT2D eigenvalue weighted by atomic mass is 9.57. The van der Waals surface area contributed by atoms with Gasteiger partial charge in [-0.05, 0) is 70.4 Å². The van der Waals surface area contributed by atoms with Gasteiger partial charge in [0.15, 0.2) is 11.4 Å². The number of benzene rings is 1. The van der Waals surface area contributed by atoms with Crippen LogP contribution in [0.25, 0.3) is 5.76 Å². The molecule has 232 valence electrons. The Morgan fingerprint density at radius 3 is 2.30 bits per heavy atom. The lowest BCUT2D eigenvalue weighted by Gasteiger charge is -2.50. The van der Waals surface area contributed by atoms with Crippen LogP contribution in [0.3, 0.4) is 0 Å². The molecule has 2 amide bonds. The molecule has 4 atom stereocenters. The van der Waals surface area contributed by atoms with Crippen LogP contribution in [0.4, 0.5) is 17.1 Å². The van der Waals surface area contributed by atoms with E-state index in [0.717, 1.165) is 0 Å². The number of amides is 2. The zero-order chi connectivity index (χ0) is 32.3. The highest BCUT2D eigenvalue weighted by atomic mass is 16.3. The Balaban J connectivity index is 1.93. The van der Waals surface area contributed by atoms with Crippen LogP contribution in [-0.4, -0.2) is 95.5 Å². The first-order chi connectivity index (χ1) is 19.9. The minimum absolute atomic E-state index is 0.00158. The van der Waals surface area contributed by atoms with Crippen LogP contribution in [0, 0.1) is 16.7 Å². The van der Waals surface area contributed by atoms with E-state index in [4.69, 9.17) is 5.73 Å². The van der Waals surface area contributed by atoms with Gasteiger partial charge in [-0.1, -0.05) is 0 Å². The fourth-order valence-electron chi connectivity index (χ4n) is 6.42. The Hall–Kier alpha value is -4.14. The first-order valence-electron chi connectivity index (χ1n) is 13.8. The summed E-state index contributed by atoms with van der Waals surface area (Å²) >= 11 is 0. The molecule has 1 aromatic rings. The van der Waals surface area contributed by atoms with Gasteiger partial charge < -0.3 is 36.6 Å². The summed E-state index contributed by atoms with van der Waals surface area (Å²) < 4.78 is 0. The van der Waals surface area contributed by atoms with Gasteiger partial charge in [0.25, 0.3) is 5.91 Å². The first-order valence-corrected chi connectivity index (χ1v) is 13.8. The molecule has 3 aliphatic rings. The van der Waals surface area contributed by atoms with E-state index in [1.807, 2.05) is 20.8 Å². The van der Waals surface area contributed by atoms with Gasteiger partial charge in [0, 0.05) is 36.8 Å². The fourth-order valence-corrected chi connectivity index (χ4v) is 6.42. The van der Waals surface area contributed by atoms with Gasteiger partial charge in [0.1, 0.15) is 22.8 Å². The van der Waals surface area contributed by atoms with E-state index in [9.17, 15) is 39.4 Å². The molecule has 14 heteroatoms. The van der Waals surface area contributed by atoms with Crippen molar-refractivity contribution in [3.8, 4) is 0 Å². The van der Waals surface area contributed by atoms with Crippen LogP contribution in [0.15, 0.2) is 28.1 Å². The fraction of sp³-hybridized carbons (Fsp3) is 0.517. The van der Waals surface area contributed by atoms with Crippen molar-refractivity contribution in [2.45, 2.75) is 50.8 Å². The smallest absolute Gasteiger partial charge is 0.255 e. The molecule has 1 saturated carbocycles. The third-order valence-corrected chi connectivity index (χ3v) is 8.32. The van der Waals surface area contributed by atoms with Gasteiger partial charge in [-0.2, -0.15) is 0 Å². The summed E-state index contributed by atoms with van der Waals surface area (Å²) in [6.45, 7) is 5.55. The van der Waals surface area contributed by atoms with Crippen molar-refractivity contribution < 1.29 is 34.5 Å². The molecule has 0 spiro atoms. The molecule has 0 radical (unpaired) electrons. The minimum Gasteiger partial charge on any atom is -0.508 e. The van der Waals surface area contributed by atoms with Crippen LogP contribution in [0.1, 0.15) is 38.3 Å². The number of hydrogen-bond acceptors (Lipinski definition) is 12. The van der Waals surface area contributed by atoms with E-state index in [2.05, 4.69) is 15.8 Å². The number of rotatable bonds is 7. The Morgan fingerprint density at radius 2 is 1.79 bits per heavy atom. The van der Waals surface area contributed by atoms with E-state index < -0.39 is 64.0 Å². The summed E-state index contributed by atoms with van der Waals surface area (Å²) in [6.07, 6.45) is 0.0593. The predicted molar refractivity (Wildman–Crippen MR) is 159 cm³/mol. The SMILES string of the molecule is CN(C)c1cc(NC(=O)CNC(C)(C)C)c(N=O)c2c1C[C@H]1C[C@H]3C(N(C)C)C(=O)C(C(N)=O)=C(O)[C@@]3(O)C(=O)C1=C2O. The molecule has 43 heavy (non-hydrogen) atoms. The number of nitrogens with zero attached hydrogens (tertiary/aromatic N) is 3. The molecular weight excluding hydrogens is 560 g/mol. The molecule has 4 rings (SSSR count). The van der Waals surface area contributed by atoms with Gasteiger partial charge in [-0.25, -0.2) is 0 Å². The number of hydrogen-bond donors (Lipinski definition) is 6. The standard InChI is InChI=1S/C29H38N6O8/c1-28(2,3)31-11-17(36)32-15-10-16(34(4)5)13-8-12-9-14-22(35(6)7)24(38)20(27(30)41)26(40)29(14,42)25(39)18(12)23(37)19(13)21(15)33-43/h10,12,14,22,31,37,40,42H,8-9,11H2,1-7H3,(H2,30,41)(H,32,36)/t12-,14-,22?,29-/m0/s1. The first kappa shape index (κ1) is 31.8. The van der Waals surface area contributed by atoms with Crippen molar-refractivity contribution in [2.75, 3.05) is 45.0 Å². The van der Waals surface area contributed by atoms with E-state index in [1.165, 1.54) is 19.0 Å². The number of ketones is 2. The number of carbonyl (C=O) groups excluding carboxylic acids is 4. The van der Waals surface area contributed by atoms with Crippen molar-refractivity contribution in [1.82, 2.24) is 10.2 Å². The molecule has 0 heterocycles. The molecule has 0 aliphatic heterocycles. The molecule has 1 aromatic carbocycles. The second-order valence-electron chi connectivity index (χ2n) is 12.7. The molecule has 1 fully saturated rings. The minimum atomic E-state index is -2.76. The number of Topliss-reactive ketones (excluding diaryl/α,β-unsaturated/α-hetero) is 2. The van der Waals surface area contributed by atoms with Crippen molar-refractivity contribution >= 4 is 46.2 Å². The zero-order valence-electron chi connectivity index (χ0n) is 25.2. The lowest BCUT2D eigenvalue weighted by Crippen LogP contribution is -2.65. The summed E-state index contributed by atoms with van der Waals surface area (Å²) in [6, 6.07) is 0.377. The maximum atomic E-state index is 14.1. The summed E-state index contributed by atoms with van der Waals surface area (Å²) in [7, 11) is 6.53. The van der Waals surface area contributed by atoms with Gasteiger partial charge in [-0.3, -0.25) is 24.1 Å². The average molecular weight is 599 g/mol. The Labute approximate surface area is 248 Å². The molecule has 1 unspecified atom stereocenters. The highest BCUT2D eigenvalue weighted by Crippen LogP contribution is 2.54. The molecule has 14 nitrogen and oxygen atoms in total. The summed E-state index contributed by atoms with van der Waals surface area (Å²) in [4.78, 5) is 67.7. The highest BCUT2D eigenvalue weighted by molar-refractivity contribution is 6.24. The van der Waals surface area contributed by atoms with Gasteiger partial charge >= 0.3 is 0 Å². The normalized spacial score (nSPS) is 25.3. The summed E-state index contributed by atoms with van der Waals surface area (Å²) in [5.41, 5.74) is 1.65. The molecule has 0 saturated heterocycles. The maximum Gasteiger partial charge on any atom is 0.255 e. The number of likely N-dealkylation sites (N-methyl/N-ethyl adjacent to an activating group) is 1. The number of anilines is 2. The van der Waals surface area contributed by atoms with Crippen molar-refractivity contribution in [2.24, 2.45) is 22.7 Å². The number of nitrogens with one attached hydrogen (secondary N) is 2. The largest absolute Gasteiger partial charge is 0.508 e. The average Bonchev–Trinajstić information content (AvgIpc) is 2.88. The number of fused-ring (bicyclic) bond motifs is 3. The van der Waals surface area contributed by atoms with E-state index in [0.29, 0.717) is 11.3 Å².